The lowest BCUT2D eigenvalue weighted by atomic mass is 10.1. The largest absolute Gasteiger partial charge is 0.497 e. The van der Waals surface area contributed by atoms with Gasteiger partial charge in [0, 0.05) is 26.2 Å². The zero-order valence-corrected chi connectivity index (χ0v) is 18.4. The molecule has 3 rings (SSSR count). The Bertz CT molecular complexity index is 628. The van der Waals surface area contributed by atoms with Gasteiger partial charge in [-0.05, 0) is 76.4 Å². The Balaban J connectivity index is 1.49. The van der Waals surface area contributed by atoms with Gasteiger partial charge in [-0.3, -0.25) is 0 Å². The Labute approximate surface area is 176 Å². The maximum absolute atomic E-state index is 6.01. The summed E-state index contributed by atoms with van der Waals surface area (Å²) in [7, 11) is 1.67. The maximum atomic E-state index is 6.01. The molecule has 2 unspecified atom stereocenters. The molecular weight excluding hydrogens is 364 g/mol. The van der Waals surface area contributed by atoms with Crippen LogP contribution < -0.4 is 14.8 Å². The zero-order valence-electron chi connectivity index (χ0n) is 18.4. The molecule has 2 aliphatic heterocycles. The SMILES string of the molecule is CCNC(=NCC(C)Oc1ccc(OC)cc1)N1CCC(CN2CCCCC2)C1. The van der Waals surface area contributed by atoms with E-state index in [-0.39, 0.29) is 6.10 Å². The lowest BCUT2D eigenvalue weighted by molar-refractivity contribution is 0.198. The van der Waals surface area contributed by atoms with Gasteiger partial charge >= 0.3 is 0 Å². The molecule has 2 saturated heterocycles. The number of hydrogen-bond acceptors (Lipinski definition) is 4. The first-order chi connectivity index (χ1) is 14.2. The predicted molar refractivity (Wildman–Crippen MR) is 119 cm³/mol. The third-order valence-corrected chi connectivity index (χ3v) is 5.78. The smallest absolute Gasteiger partial charge is 0.194 e. The second kappa shape index (κ2) is 11.3. The molecule has 2 heterocycles. The summed E-state index contributed by atoms with van der Waals surface area (Å²) in [6, 6.07) is 7.72. The lowest BCUT2D eigenvalue weighted by Gasteiger charge is -2.29. The molecule has 1 N–H and O–H groups in total. The normalized spacial score (nSPS) is 21.8. The maximum Gasteiger partial charge on any atom is 0.194 e. The summed E-state index contributed by atoms with van der Waals surface area (Å²) in [5, 5.41) is 3.47. The quantitative estimate of drug-likeness (QED) is 0.534. The minimum Gasteiger partial charge on any atom is -0.497 e. The number of methoxy groups -OCH3 is 1. The van der Waals surface area contributed by atoms with E-state index in [1.807, 2.05) is 24.3 Å². The van der Waals surface area contributed by atoms with Crippen LogP contribution >= 0.6 is 0 Å². The molecule has 0 aliphatic carbocycles. The minimum atomic E-state index is 0.0174. The van der Waals surface area contributed by atoms with Crippen molar-refractivity contribution in [2.75, 3.05) is 52.9 Å². The van der Waals surface area contributed by atoms with E-state index < -0.39 is 0 Å². The minimum absolute atomic E-state index is 0.0174. The van der Waals surface area contributed by atoms with E-state index in [1.54, 1.807) is 7.11 Å². The summed E-state index contributed by atoms with van der Waals surface area (Å²) in [4.78, 5) is 9.96. The van der Waals surface area contributed by atoms with Crippen LogP contribution in [0.3, 0.4) is 0 Å². The molecule has 0 amide bonds. The van der Waals surface area contributed by atoms with Crippen molar-refractivity contribution in [1.29, 1.82) is 0 Å². The molecule has 1 aromatic rings. The van der Waals surface area contributed by atoms with Gasteiger partial charge in [-0.2, -0.15) is 0 Å². The van der Waals surface area contributed by atoms with Gasteiger partial charge < -0.3 is 24.6 Å². The third-order valence-electron chi connectivity index (χ3n) is 5.78. The van der Waals surface area contributed by atoms with E-state index in [4.69, 9.17) is 14.5 Å². The number of piperidine rings is 1. The summed E-state index contributed by atoms with van der Waals surface area (Å²) in [5.74, 6) is 3.47. The van der Waals surface area contributed by atoms with Gasteiger partial charge in [0.25, 0.3) is 0 Å². The van der Waals surface area contributed by atoms with Gasteiger partial charge in [-0.15, -0.1) is 0 Å². The number of benzene rings is 1. The van der Waals surface area contributed by atoms with Crippen LogP contribution in [-0.2, 0) is 0 Å². The van der Waals surface area contributed by atoms with Crippen LogP contribution in [0.4, 0.5) is 0 Å². The van der Waals surface area contributed by atoms with Crippen molar-refractivity contribution >= 4 is 5.96 Å². The molecule has 1 aromatic carbocycles. The third kappa shape index (κ3) is 6.81. The molecule has 0 aromatic heterocycles. The molecule has 0 bridgehead atoms. The van der Waals surface area contributed by atoms with Gasteiger partial charge in [-0.1, -0.05) is 6.42 Å². The average molecular weight is 403 g/mol. The van der Waals surface area contributed by atoms with Crippen LogP contribution in [0.15, 0.2) is 29.3 Å². The molecule has 162 valence electrons. The first-order valence-electron chi connectivity index (χ1n) is 11.2. The number of nitrogens with zero attached hydrogens (tertiary/aromatic N) is 3. The number of aliphatic imine (C=N–C) groups is 1. The van der Waals surface area contributed by atoms with E-state index >= 15 is 0 Å². The average Bonchev–Trinajstić information content (AvgIpc) is 3.20. The summed E-state index contributed by atoms with van der Waals surface area (Å²) >= 11 is 0. The molecule has 2 atom stereocenters. The second-order valence-electron chi connectivity index (χ2n) is 8.26. The van der Waals surface area contributed by atoms with E-state index in [0.717, 1.165) is 43.0 Å². The van der Waals surface area contributed by atoms with Crippen molar-refractivity contribution in [2.24, 2.45) is 10.9 Å². The van der Waals surface area contributed by atoms with Crippen LogP contribution in [0.5, 0.6) is 11.5 Å². The first kappa shape index (κ1) is 21.8. The van der Waals surface area contributed by atoms with E-state index in [0.29, 0.717) is 6.54 Å². The van der Waals surface area contributed by atoms with Gasteiger partial charge in [0.15, 0.2) is 5.96 Å². The number of ether oxygens (including phenoxy) is 2. The van der Waals surface area contributed by atoms with Crippen molar-refractivity contribution in [3.63, 3.8) is 0 Å². The monoisotopic (exact) mass is 402 g/mol. The molecule has 0 radical (unpaired) electrons. The topological polar surface area (TPSA) is 49.3 Å². The highest BCUT2D eigenvalue weighted by Gasteiger charge is 2.27. The van der Waals surface area contributed by atoms with Gasteiger partial charge in [-0.25, -0.2) is 4.99 Å². The fourth-order valence-electron chi connectivity index (χ4n) is 4.25. The van der Waals surface area contributed by atoms with Crippen molar-refractivity contribution in [1.82, 2.24) is 15.1 Å². The van der Waals surface area contributed by atoms with Crippen LogP contribution in [0.25, 0.3) is 0 Å². The Morgan fingerprint density at radius 1 is 1.14 bits per heavy atom. The molecule has 6 heteroatoms. The molecule has 2 fully saturated rings. The van der Waals surface area contributed by atoms with Crippen LogP contribution in [0.1, 0.15) is 39.5 Å². The number of guanidine groups is 1. The number of nitrogens with one attached hydrogen (secondary N) is 1. The van der Waals surface area contributed by atoms with Crippen molar-refractivity contribution in [2.45, 2.75) is 45.6 Å². The van der Waals surface area contributed by atoms with Gasteiger partial charge in [0.05, 0.1) is 13.7 Å². The fourth-order valence-corrected chi connectivity index (χ4v) is 4.25. The highest BCUT2D eigenvalue weighted by Crippen LogP contribution is 2.21. The number of hydrogen-bond donors (Lipinski definition) is 1. The van der Waals surface area contributed by atoms with Crippen LogP contribution in [0, 0.1) is 5.92 Å². The number of rotatable bonds is 8. The van der Waals surface area contributed by atoms with Crippen LogP contribution in [-0.4, -0.2) is 74.8 Å². The molecule has 2 aliphatic rings. The van der Waals surface area contributed by atoms with E-state index in [9.17, 15) is 0 Å². The molecular formula is C23H38N4O2. The van der Waals surface area contributed by atoms with Crippen molar-refractivity contribution in [3.8, 4) is 11.5 Å². The van der Waals surface area contributed by atoms with E-state index in [1.165, 1.54) is 45.3 Å². The first-order valence-corrected chi connectivity index (χ1v) is 11.2. The lowest BCUT2D eigenvalue weighted by Crippen LogP contribution is -2.41. The van der Waals surface area contributed by atoms with Crippen molar-refractivity contribution in [3.05, 3.63) is 24.3 Å². The highest BCUT2D eigenvalue weighted by atomic mass is 16.5. The summed E-state index contributed by atoms with van der Waals surface area (Å²) in [6.07, 6.45) is 5.42. The van der Waals surface area contributed by atoms with Crippen molar-refractivity contribution < 1.29 is 9.47 Å². The molecule has 29 heavy (non-hydrogen) atoms. The predicted octanol–water partition coefficient (Wildman–Crippen LogP) is 3.24. The highest BCUT2D eigenvalue weighted by molar-refractivity contribution is 5.80. The molecule has 6 nitrogen and oxygen atoms in total. The Hall–Kier alpha value is -1.95. The Morgan fingerprint density at radius 2 is 1.86 bits per heavy atom. The fraction of sp³-hybridized carbons (Fsp3) is 0.696. The molecule has 0 spiro atoms. The van der Waals surface area contributed by atoms with Crippen LogP contribution in [0.2, 0.25) is 0 Å². The summed E-state index contributed by atoms with van der Waals surface area (Å²) in [5.41, 5.74) is 0. The molecule has 0 saturated carbocycles. The van der Waals surface area contributed by atoms with Gasteiger partial charge in [0.1, 0.15) is 17.6 Å². The second-order valence-corrected chi connectivity index (χ2v) is 8.26. The Morgan fingerprint density at radius 3 is 2.55 bits per heavy atom. The van der Waals surface area contributed by atoms with E-state index in [2.05, 4.69) is 29.0 Å². The standard InChI is InChI=1S/C23H38N4O2/c1-4-24-23(25-16-19(2)29-22-10-8-21(28-3)9-11-22)27-15-12-20(18-27)17-26-13-6-5-7-14-26/h8-11,19-20H,4-7,12-18H2,1-3H3,(H,24,25). The number of likely N-dealkylation sites (tertiary alicyclic amines) is 2. The summed E-state index contributed by atoms with van der Waals surface area (Å²) < 4.78 is 11.2. The summed E-state index contributed by atoms with van der Waals surface area (Å²) in [6.45, 7) is 11.7. The van der Waals surface area contributed by atoms with Gasteiger partial charge in [0.2, 0.25) is 0 Å². The Kier molecular flexibility index (Phi) is 8.47. The zero-order chi connectivity index (χ0) is 20.5.